The fraction of sp³-hybridized carbons (Fsp3) is 0.500. The van der Waals surface area contributed by atoms with Crippen molar-refractivity contribution >= 4 is 34.1 Å². The number of hydrogen-bond acceptors (Lipinski definition) is 4. The molecule has 6 heteroatoms. The third kappa shape index (κ3) is 4.10. The van der Waals surface area contributed by atoms with Crippen molar-refractivity contribution in [1.29, 1.82) is 0 Å². The van der Waals surface area contributed by atoms with Crippen LogP contribution in [-0.2, 0) is 0 Å². The Balaban J connectivity index is 1.69. The zero-order valence-electron chi connectivity index (χ0n) is 15.5. The van der Waals surface area contributed by atoms with Crippen molar-refractivity contribution < 1.29 is 9.90 Å². The Labute approximate surface area is 159 Å². The molecule has 5 nitrogen and oxygen atoms in total. The zero-order valence-corrected chi connectivity index (χ0v) is 16.2. The van der Waals surface area contributed by atoms with E-state index in [0.29, 0.717) is 16.5 Å². The van der Waals surface area contributed by atoms with E-state index < -0.39 is 5.60 Å². The average Bonchev–Trinajstić information content (AvgIpc) is 2.60. The number of aromatic nitrogens is 1. The smallest absolute Gasteiger partial charge is 0.253 e. The number of pyridine rings is 1. The second kappa shape index (κ2) is 7.41. The summed E-state index contributed by atoms with van der Waals surface area (Å²) in [5.74, 6) is 0.182. The van der Waals surface area contributed by atoms with E-state index in [0.717, 1.165) is 42.3 Å². The molecule has 2 aromatic rings. The highest BCUT2D eigenvalue weighted by Gasteiger charge is 2.31. The van der Waals surface area contributed by atoms with Crippen LogP contribution in [0.4, 0.5) is 5.69 Å². The first-order valence-electron chi connectivity index (χ1n) is 9.08. The molecule has 26 heavy (non-hydrogen) atoms. The molecule has 1 aromatic carbocycles. The molecule has 0 spiro atoms. The number of nitrogens with zero attached hydrogens (tertiary/aromatic N) is 1. The summed E-state index contributed by atoms with van der Waals surface area (Å²) in [7, 11) is 1.81. The summed E-state index contributed by atoms with van der Waals surface area (Å²) in [6.45, 7) is 3.73. The molecule has 1 aliphatic carbocycles. The van der Waals surface area contributed by atoms with E-state index in [1.807, 2.05) is 39.1 Å². The van der Waals surface area contributed by atoms with E-state index in [1.165, 1.54) is 0 Å². The Morgan fingerprint density at radius 2 is 1.92 bits per heavy atom. The maximum atomic E-state index is 12.6. The van der Waals surface area contributed by atoms with Crippen molar-refractivity contribution in [3.05, 3.63) is 35.0 Å². The Kier molecular flexibility index (Phi) is 5.39. The SMILES string of the molecule is CNc1cc2ncc(C(=O)NC3CCC(C(C)(C)O)CC3)cc2cc1Cl. The highest BCUT2D eigenvalue weighted by Crippen LogP contribution is 2.32. The van der Waals surface area contributed by atoms with E-state index in [1.54, 1.807) is 6.20 Å². The zero-order chi connectivity index (χ0) is 18.9. The lowest BCUT2D eigenvalue weighted by Crippen LogP contribution is -2.41. The second-order valence-electron chi connectivity index (χ2n) is 7.67. The molecule has 0 bridgehead atoms. The summed E-state index contributed by atoms with van der Waals surface area (Å²) in [5.41, 5.74) is 1.49. The number of nitrogens with one attached hydrogen (secondary N) is 2. The van der Waals surface area contributed by atoms with Crippen molar-refractivity contribution in [2.24, 2.45) is 5.92 Å². The fourth-order valence-corrected chi connectivity index (χ4v) is 3.94. The van der Waals surface area contributed by atoms with Crippen molar-refractivity contribution in [3.63, 3.8) is 0 Å². The molecule has 1 fully saturated rings. The molecule has 1 aromatic heterocycles. The number of aliphatic hydroxyl groups is 1. The monoisotopic (exact) mass is 375 g/mol. The summed E-state index contributed by atoms with van der Waals surface area (Å²) in [6, 6.07) is 5.66. The van der Waals surface area contributed by atoms with Crippen LogP contribution in [0.15, 0.2) is 24.4 Å². The van der Waals surface area contributed by atoms with Crippen molar-refractivity contribution in [2.45, 2.75) is 51.2 Å². The Morgan fingerprint density at radius 3 is 2.54 bits per heavy atom. The molecule has 3 N–H and O–H groups in total. The van der Waals surface area contributed by atoms with Crippen molar-refractivity contribution in [1.82, 2.24) is 10.3 Å². The minimum Gasteiger partial charge on any atom is -0.390 e. The number of hydrogen-bond donors (Lipinski definition) is 3. The lowest BCUT2D eigenvalue weighted by Gasteiger charge is -2.36. The van der Waals surface area contributed by atoms with E-state index in [4.69, 9.17) is 11.6 Å². The van der Waals surface area contributed by atoms with Gasteiger partial charge in [0.2, 0.25) is 0 Å². The van der Waals surface area contributed by atoms with E-state index in [-0.39, 0.29) is 11.9 Å². The van der Waals surface area contributed by atoms with E-state index in [9.17, 15) is 9.90 Å². The summed E-state index contributed by atoms with van der Waals surface area (Å²) in [5, 5.41) is 17.7. The lowest BCUT2D eigenvalue weighted by molar-refractivity contribution is -0.00257. The van der Waals surface area contributed by atoms with Crippen molar-refractivity contribution in [2.75, 3.05) is 12.4 Å². The Hall–Kier alpha value is -1.85. The van der Waals surface area contributed by atoms with Crippen LogP contribution in [0, 0.1) is 5.92 Å². The van der Waals surface area contributed by atoms with Crippen LogP contribution < -0.4 is 10.6 Å². The van der Waals surface area contributed by atoms with Crippen LogP contribution in [0.25, 0.3) is 10.9 Å². The molecule has 0 radical (unpaired) electrons. The molecule has 3 rings (SSSR count). The molecule has 0 unspecified atom stereocenters. The number of halogens is 1. The molecule has 0 saturated heterocycles. The van der Waals surface area contributed by atoms with Gasteiger partial charge in [-0.1, -0.05) is 11.6 Å². The quantitative estimate of drug-likeness (QED) is 0.755. The van der Waals surface area contributed by atoms with E-state index >= 15 is 0 Å². The van der Waals surface area contributed by atoms with Gasteiger partial charge in [-0.05, 0) is 63.6 Å². The summed E-state index contributed by atoms with van der Waals surface area (Å²) in [4.78, 5) is 17.0. The predicted molar refractivity (Wildman–Crippen MR) is 106 cm³/mol. The normalized spacial score (nSPS) is 20.8. The summed E-state index contributed by atoms with van der Waals surface area (Å²) < 4.78 is 0. The van der Waals surface area contributed by atoms with Gasteiger partial charge in [0.15, 0.2) is 0 Å². The first-order valence-corrected chi connectivity index (χ1v) is 9.46. The van der Waals surface area contributed by atoms with Crippen LogP contribution in [0.2, 0.25) is 5.02 Å². The third-order valence-electron chi connectivity index (χ3n) is 5.36. The maximum Gasteiger partial charge on any atom is 0.253 e. The van der Waals surface area contributed by atoms with Crippen LogP contribution >= 0.6 is 11.6 Å². The highest BCUT2D eigenvalue weighted by molar-refractivity contribution is 6.34. The first kappa shape index (κ1) is 18.9. The van der Waals surface area contributed by atoms with Crippen LogP contribution in [-0.4, -0.2) is 34.7 Å². The number of carbonyl (C=O) groups is 1. The molecule has 1 heterocycles. The van der Waals surface area contributed by atoms with Crippen molar-refractivity contribution in [3.8, 4) is 0 Å². The van der Waals surface area contributed by atoms with Gasteiger partial charge in [0.05, 0.1) is 27.4 Å². The lowest BCUT2D eigenvalue weighted by atomic mass is 9.77. The number of rotatable bonds is 4. The molecule has 140 valence electrons. The van der Waals surface area contributed by atoms with Gasteiger partial charge in [0, 0.05) is 24.7 Å². The van der Waals surface area contributed by atoms with Crippen LogP contribution in [0.5, 0.6) is 0 Å². The first-order chi connectivity index (χ1) is 12.3. The molecular formula is C20H26ClN3O2. The van der Waals surface area contributed by atoms with Gasteiger partial charge in [-0.25, -0.2) is 0 Å². The number of anilines is 1. The Morgan fingerprint density at radius 1 is 1.23 bits per heavy atom. The van der Waals surface area contributed by atoms with Gasteiger partial charge >= 0.3 is 0 Å². The molecule has 1 saturated carbocycles. The third-order valence-corrected chi connectivity index (χ3v) is 5.68. The number of amides is 1. The standard InChI is InChI=1S/C20H26ClN3O2/c1-20(2,26)14-4-6-15(7-5-14)24-19(25)13-8-12-9-16(21)18(22-3)10-17(12)23-11-13/h8-11,14-15,22,26H,4-7H2,1-3H3,(H,24,25). The van der Waals surface area contributed by atoms with Gasteiger partial charge in [0.25, 0.3) is 5.91 Å². The van der Waals surface area contributed by atoms with Gasteiger partial charge in [-0.15, -0.1) is 0 Å². The van der Waals surface area contributed by atoms with Gasteiger partial charge in [-0.3, -0.25) is 9.78 Å². The maximum absolute atomic E-state index is 12.6. The number of fused-ring (bicyclic) bond motifs is 1. The molecule has 0 atom stereocenters. The highest BCUT2D eigenvalue weighted by atomic mass is 35.5. The van der Waals surface area contributed by atoms with Gasteiger partial charge < -0.3 is 15.7 Å². The summed E-state index contributed by atoms with van der Waals surface area (Å²) in [6.07, 6.45) is 5.23. The molecular weight excluding hydrogens is 350 g/mol. The number of carbonyl (C=O) groups excluding carboxylic acids is 1. The average molecular weight is 376 g/mol. The van der Waals surface area contributed by atoms with Crippen LogP contribution in [0.3, 0.4) is 0 Å². The Bertz CT molecular complexity index is 809. The van der Waals surface area contributed by atoms with Gasteiger partial charge in [-0.2, -0.15) is 0 Å². The minimum absolute atomic E-state index is 0.111. The topological polar surface area (TPSA) is 74.2 Å². The summed E-state index contributed by atoms with van der Waals surface area (Å²) >= 11 is 6.23. The second-order valence-corrected chi connectivity index (χ2v) is 8.08. The van der Waals surface area contributed by atoms with Crippen LogP contribution in [0.1, 0.15) is 49.9 Å². The molecule has 1 amide bonds. The van der Waals surface area contributed by atoms with Gasteiger partial charge in [0.1, 0.15) is 0 Å². The molecule has 0 aliphatic heterocycles. The predicted octanol–water partition coefficient (Wildman–Crippen LogP) is 3.99. The van der Waals surface area contributed by atoms with E-state index in [2.05, 4.69) is 15.6 Å². The number of benzene rings is 1. The molecule has 1 aliphatic rings. The largest absolute Gasteiger partial charge is 0.390 e. The minimum atomic E-state index is -0.650. The fourth-order valence-electron chi connectivity index (χ4n) is 3.68.